The van der Waals surface area contributed by atoms with Crippen LogP contribution in [0.3, 0.4) is 0 Å². The first-order chi connectivity index (χ1) is 7.42. The van der Waals surface area contributed by atoms with Gasteiger partial charge in [0, 0.05) is 13.1 Å². The van der Waals surface area contributed by atoms with Crippen LogP contribution in [0.1, 0.15) is 19.3 Å². The first-order valence-electron chi connectivity index (χ1n) is 5.78. The molecule has 1 aliphatic carbocycles. The Hall–Kier alpha value is -0.850. The van der Waals surface area contributed by atoms with Crippen molar-refractivity contribution in [2.24, 2.45) is 5.92 Å². The van der Waals surface area contributed by atoms with Gasteiger partial charge in [0.15, 0.2) is 0 Å². The van der Waals surface area contributed by atoms with Gasteiger partial charge in [-0.3, -0.25) is 4.90 Å². The molecule has 82 valence electrons. The van der Waals surface area contributed by atoms with Crippen molar-refractivity contribution in [1.29, 1.82) is 5.26 Å². The van der Waals surface area contributed by atoms with Crippen molar-refractivity contribution in [3.63, 3.8) is 0 Å². The molecular formula is C12H18N2O. The normalized spacial score (nSPS) is 29.7. The van der Waals surface area contributed by atoms with Crippen molar-refractivity contribution < 1.29 is 4.74 Å². The number of hydrogen-bond donors (Lipinski definition) is 0. The van der Waals surface area contributed by atoms with E-state index in [0.717, 1.165) is 45.6 Å². The summed E-state index contributed by atoms with van der Waals surface area (Å²) >= 11 is 0. The molecule has 15 heavy (non-hydrogen) atoms. The number of ether oxygens (including phenoxy) is 1. The molecule has 1 fully saturated rings. The minimum Gasteiger partial charge on any atom is -0.379 e. The molecule has 0 radical (unpaired) electrons. The lowest BCUT2D eigenvalue weighted by Crippen LogP contribution is -2.46. The van der Waals surface area contributed by atoms with Crippen LogP contribution < -0.4 is 0 Å². The minimum absolute atomic E-state index is 0.0962. The largest absolute Gasteiger partial charge is 0.379 e. The van der Waals surface area contributed by atoms with Crippen molar-refractivity contribution in [3.05, 3.63) is 12.2 Å². The maximum absolute atomic E-state index is 9.27. The molecule has 0 bridgehead atoms. The lowest BCUT2D eigenvalue weighted by atomic mass is 9.87. The molecular weight excluding hydrogens is 188 g/mol. The van der Waals surface area contributed by atoms with E-state index >= 15 is 0 Å². The van der Waals surface area contributed by atoms with Gasteiger partial charge in [0.2, 0.25) is 0 Å². The van der Waals surface area contributed by atoms with E-state index in [1.54, 1.807) is 0 Å². The van der Waals surface area contributed by atoms with Crippen LogP contribution >= 0.6 is 0 Å². The first-order valence-corrected chi connectivity index (χ1v) is 5.78. The van der Waals surface area contributed by atoms with E-state index in [9.17, 15) is 5.26 Å². The Bertz CT molecular complexity index is 263. The highest BCUT2D eigenvalue weighted by molar-refractivity contribution is 5.02. The molecule has 0 aromatic heterocycles. The molecule has 1 aliphatic heterocycles. The summed E-state index contributed by atoms with van der Waals surface area (Å²) in [4.78, 5) is 2.29. The summed E-state index contributed by atoms with van der Waals surface area (Å²) in [6, 6.07) is 2.57. The maximum Gasteiger partial charge on any atom is 0.101 e. The summed E-state index contributed by atoms with van der Waals surface area (Å²) in [6.45, 7) is 3.39. The molecule has 1 saturated heterocycles. The monoisotopic (exact) mass is 206 g/mol. The summed E-state index contributed by atoms with van der Waals surface area (Å²) in [5, 5.41) is 9.27. The number of nitrogens with zero attached hydrogens (tertiary/aromatic N) is 2. The van der Waals surface area contributed by atoms with Crippen LogP contribution in [-0.2, 0) is 4.74 Å². The lowest BCUT2D eigenvalue weighted by molar-refractivity contribution is 0.0150. The van der Waals surface area contributed by atoms with Gasteiger partial charge >= 0.3 is 0 Å². The molecule has 2 atom stereocenters. The molecule has 0 amide bonds. The highest BCUT2D eigenvalue weighted by Gasteiger charge is 2.28. The van der Waals surface area contributed by atoms with Crippen molar-refractivity contribution in [3.8, 4) is 6.07 Å². The third kappa shape index (κ3) is 2.58. The van der Waals surface area contributed by atoms with Crippen LogP contribution in [0, 0.1) is 17.2 Å². The summed E-state index contributed by atoms with van der Waals surface area (Å²) in [5.41, 5.74) is 0. The Kier molecular flexibility index (Phi) is 3.76. The predicted octanol–water partition coefficient (Wildman–Crippen LogP) is 1.57. The molecule has 0 aromatic rings. The molecule has 3 nitrogen and oxygen atoms in total. The fraction of sp³-hybridized carbons (Fsp3) is 0.750. The average molecular weight is 206 g/mol. The molecule has 2 rings (SSSR count). The van der Waals surface area contributed by atoms with Gasteiger partial charge in [-0.05, 0) is 25.2 Å². The fourth-order valence-corrected chi connectivity index (χ4v) is 2.44. The van der Waals surface area contributed by atoms with Gasteiger partial charge in [0.25, 0.3) is 0 Å². The van der Waals surface area contributed by atoms with Crippen LogP contribution in [-0.4, -0.2) is 37.2 Å². The zero-order chi connectivity index (χ0) is 10.5. The predicted molar refractivity (Wildman–Crippen MR) is 58.3 cm³/mol. The zero-order valence-corrected chi connectivity index (χ0v) is 9.06. The quantitative estimate of drug-likeness (QED) is 0.643. The Morgan fingerprint density at radius 2 is 2.13 bits per heavy atom. The number of allylic oxidation sites excluding steroid dienone is 2. The molecule has 3 heteroatoms. The van der Waals surface area contributed by atoms with Crippen LogP contribution in [0.25, 0.3) is 0 Å². The highest BCUT2D eigenvalue weighted by atomic mass is 16.5. The summed E-state index contributed by atoms with van der Waals surface area (Å²) in [6.07, 6.45) is 7.80. The molecule has 0 spiro atoms. The van der Waals surface area contributed by atoms with Crippen molar-refractivity contribution in [1.82, 2.24) is 4.90 Å². The maximum atomic E-state index is 9.27. The minimum atomic E-state index is 0.0962. The van der Waals surface area contributed by atoms with Crippen molar-refractivity contribution in [2.75, 3.05) is 26.3 Å². The zero-order valence-electron chi connectivity index (χ0n) is 9.06. The van der Waals surface area contributed by atoms with Gasteiger partial charge in [-0.1, -0.05) is 12.2 Å². The second kappa shape index (κ2) is 5.29. The van der Waals surface area contributed by atoms with Crippen LogP contribution in [0.5, 0.6) is 0 Å². The van der Waals surface area contributed by atoms with Crippen LogP contribution in [0.2, 0.25) is 0 Å². The lowest BCUT2D eigenvalue weighted by Gasteiger charge is -2.35. The number of rotatable bonds is 2. The van der Waals surface area contributed by atoms with Gasteiger partial charge in [-0.2, -0.15) is 5.26 Å². The highest BCUT2D eigenvalue weighted by Crippen LogP contribution is 2.25. The summed E-state index contributed by atoms with van der Waals surface area (Å²) in [7, 11) is 0. The standard InChI is InChI=1S/C12H18N2O/c13-10-12(11-4-2-1-3-5-11)14-6-8-15-9-7-14/h1-2,11-12H,3-9H2/t11-,12+/m1/s1. The van der Waals surface area contributed by atoms with Gasteiger partial charge in [-0.15, -0.1) is 0 Å². The van der Waals surface area contributed by atoms with Crippen LogP contribution in [0.15, 0.2) is 12.2 Å². The smallest absolute Gasteiger partial charge is 0.101 e. The SMILES string of the molecule is N#C[C@@H]([C@@H]1CC=CCC1)N1CCOCC1. The van der Waals surface area contributed by atoms with E-state index in [1.165, 1.54) is 0 Å². The fourth-order valence-electron chi connectivity index (χ4n) is 2.44. The molecule has 2 aliphatic rings. The Morgan fingerprint density at radius 3 is 2.73 bits per heavy atom. The molecule has 0 N–H and O–H groups in total. The van der Waals surface area contributed by atoms with E-state index in [2.05, 4.69) is 23.1 Å². The van der Waals surface area contributed by atoms with E-state index in [0.29, 0.717) is 5.92 Å². The Labute approximate surface area is 91.3 Å². The molecule has 1 heterocycles. The van der Waals surface area contributed by atoms with Crippen molar-refractivity contribution in [2.45, 2.75) is 25.3 Å². The van der Waals surface area contributed by atoms with E-state index < -0.39 is 0 Å². The van der Waals surface area contributed by atoms with Crippen LogP contribution in [0.4, 0.5) is 0 Å². The van der Waals surface area contributed by atoms with E-state index in [4.69, 9.17) is 4.74 Å². The Balaban J connectivity index is 1.96. The first kappa shape index (κ1) is 10.7. The topological polar surface area (TPSA) is 36.3 Å². The third-order valence-electron chi connectivity index (χ3n) is 3.33. The van der Waals surface area contributed by atoms with E-state index in [-0.39, 0.29) is 6.04 Å². The molecule has 0 aromatic carbocycles. The van der Waals surface area contributed by atoms with Gasteiger partial charge < -0.3 is 4.74 Å². The van der Waals surface area contributed by atoms with Gasteiger partial charge in [-0.25, -0.2) is 0 Å². The van der Waals surface area contributed by atoms with Gasteiger partial charge in [0.1, 0.15) is 6.04 Å². The van der Waals surface area contributed by atoms with E-state index in [1.807, 2.05) is 0 Å². The average Bonchev–Trinajstić information content (AvgIpc) is 2.33. The third-order valence-corrected chi connectivity index (χ3v) is 3.33. The summed E-state index contributed by atoms with van der Waals surface area (Å²) < 4.78 is 5.32. The van der Waals surface area contributed by atoms with Gasteiger partial charge in [0.05, 0.1) is 19.3 Å². The van der Waals surface area contributed by atoms with Crippen molar-refractivity contribution >= 4 is 0 Å². The Morgan fingerprint density at radius 1 is 1.33 bits per heavy atom. The number of morpholine rings is 1. The number of nitriles is 1. The molecule has 0 unspecified atom stereocenters. The number of hydrogen-bond acceptors (Lipinski definition) is 3. The second-order valence-corrected chi connectivity index (χ2v) is 4.27. The summed E-state index contributed by atoms with van der Waals surface area (Å²) in [5.74, 6) is 0.526. The molecule has 0 saturated carbocycles. The second-order valence-electron chi connectivity index (χ2n) is 4.27.